The topological polar surface area (TPSA) is 111 Å². The Hall–Kier alpha value is -3.63. The van der Waals surface area contributed by atoms with Crippen LogP contribution in [0, 0.1) is 11.3 Å². The van der Waals surface area contributed by atoms with Gasteiger partial charge >= 0.3 is 0 Å². The lowest BCUT2D eigenvalue weighted by atomic mass is 10.0. The predicted molar refractivity (Wildman–Crippen MR) is 114 cm³/mol. The molecule has 0 bridgehead atoms. The molecule has 1 saturated heterocycles. The minimum atomic E-state index is -0.246. The second kappa shape index (κ2) is 8.17. The number of aliphatic hydroxyl groups excluding tert-OH is 1. The summed E-state index contributed by atoms with van der Waals surface area (Å²) < 4.78 is 0. The molecule has 1 aliphatic heterocycles. The number of nitrogens with two attached hydrogens (primary N) is 1. The van der Waals surface area contributed by atoms with Crippen molar-refractivity contribution in [3.8, 4) is 17.3 Å². The van der Waals surface area contributed by atoms with Gasteiger partial charge in [-0.05, 0) is 55.3 Å². The lowest BCUT2D eigenvalue weighted by Crippen LogP contribution is -2.36. The fourth-order valence-electron chi connectivity index (χ4n) is 3.44. The molecule has 0 amide bonds. The third kappa shape index (κ3) is 4.28. The van der Waals surface area contributed by atoms with E-state index in [2.05, 4.69) is 26.3 Å². The van der Waals surface area contributed by atoms with Crippen LogP contribution in [0.3, 0.4) is 0 Å². The van der Waals surface area contributed by atoms with E-state index in [-0.39, 0.29) is 6.10 Å². The summed E-state index contributed by atoms with van der Waals surface area (Å²) in [5.74, 6) is 0.472. The maximum absolute atomic E-state index is 9.72. The van der Waals surface area contributed by atoms with Gasteiger partial charge in [-0.15, -0.1) is 0 Å². The first kappa shape index (κ1) is 18.7. The summed E-state index contributed by atoms with van der Waals surface area (Å²) in [4.78, 5) is 11.0. The Morgan fingerprint density at radius 2 is 1.86 bits per heavy atom. The minimum Gasteiger partial charge on any atom is -0.399 e. The van der Waals surface area contributed by atoms with Crippen LogP contribution in [0.5, 0.6) is 0 Å². The molecule has 7 nitrogen and oxygen atoms in total. The van der Waals surface area contributed by atoms with Gasteiger partial charge in [0, 0.05) is 36.2 Å². The number of nitrogens with zero attached hydrogens (tertiary/aromatic N) is 4. The van der Waals surface area contributed by atoms with E-state index in [1.165, 1.54) is 0 Å². The molecule has 0 radical (unpaired) electrons. The van der Waals surface area contributed by atoms with Gasteiger partial charge in [0.1, 0.15) is 6.07 Å². The Bertz CT molecular complexity index is 1040. The first-order valence-corrected chi connectivity index (χ1v) is 9.55. The van der Waals surface area contributed by atoms with E-state index in [9.17, 15) is 10.4 Å². The average Bonchev–Trinajstić information content (AvgIpc) is 2.76. The van der Waals surface area contributed by atoms with Crippen molar-refractivity contribution in [1.82, 2.24) is 9.97 Å². The predicted octanol–water partition coefficient (Wildman–Crippen LogP) is 3.30. The van der Waals surface area contributed by atoms with E-state index in [0.717, 1.165) is 48.6 Å². The molecule has 4 N–H and O–H groups in total. The van der Waals surface area contributed by atoms with Gasteiger partial charge in [0.2, 0.25) is 5.95 Å². The van der Waals surface area contributed by atoms with Crippen LogP contribution in [-0.2, 0) is 0 Å². The summed E-state index contributed by atoms with van der Waals surface area (Å²) in [5.41, 5.74) is 10.3. The number of hydrogen-bond donors (Lipinski definition) is 3. The zero-order valence-corrected chi connectivity index (χ0v) is 15.9. The van der Waals surface area contributed by atoms with Crippen LogP contribution >= 0.6 is 0 Å². The fraction of sp³-hybridized carbons (Fsp3) is 0.227. The van der Waals surface area contributed by atoms with Crippen molar-refractivity contribution in [2.24, 2.45) is 0 Å². The highest BCUT2D eigenvalue weighted by Gasteiger charge is 2.20. The van der Waals surface area contributed by atoms with Gasteiger partial charge < -0.3 is 21.1 Å². The Morgan fingerprint density at radius 3 is 2.59 bits per heavy atom. The van der Waals surface area contributed by atoms with Gasteiger partial charge in [-0.25, -0.2) is 9.97 Å². The van der Waals surface area contributed by atoms with Crippen LogP contribution in [0.4, 0.5) is 23.0 Å². The molecule has 1 aromatic heterocycles. The van der Waals surface area contributed by atoms with Gasteiger partial charge in [-0.3, -0.25) is 0 Å². The number of aromatic nitrogens is 2. The van der Waals surface area contributed by atoms with Gasteiger partial charge in [0.25, 0.3) is 0 Å². The summed E-state index contributed by atoms with van der Waals surface area (Å²) in [6, 6.07) is 17.3. The van der Waals surface area contributed by atoms with Gasteiger partial charge in [-0.1, -0.05) is 6.07 Å². The van der Waals surface area contributed by atoms with E-state index in [4.69, 9.17) is 5.73 Å². The lowest BCUT2D eigenvalue weighted by Gasteiger charge is -2.32. The molecule has 29 heavy (non-hydrogen) atoms. The Kier molecular flexibility index (Phi) is 5.27. The van der Waals surface area contributed by atoms with E-state index in [0.29, 0.717) is 17.2 Å². The van der Waals surface area contributed by atoms with Gasteiger partial charge in [0.05, 0.1) is 23.0 Å². The fourth-order valence-corrected chi connectivity index (χ4v) is 3.44. The number of rotatable bonds is 4. The summed E-state index contributed by atoms with van der Waals surface area (Å²) in [6.45, 7) is 1.50. The molecule has 1 aliphatic rings. The van der Waals surface area contributed by atoms with Crippen LogP contribution in [0.2, 0.25) is 0 Å². The number of nitrogen functional groups attached to an aromatic ring is 1. The number of aliphatic hydroxyl groups is 1. The SMILES string of the molecule is N#Cc1cc(-c2ccnc(Nc3ccc(N)cc3)n2)ccc1N1CCC(O)CC1. The normalized spacial score (nSPS) is 14.4. The standard InChI is InChI=1S/C22H22N6O/c23-14-16-13-15(1-6-21(16)28-11-8-19(29)9-12-28)20-7-10-25-22(27-20)26-18-4-2-17(24)3-5-18/h1-7,10,13,19,29H,8-9,11-12,24H2,(H,25,26,27). The van der Waals surface area contributed by atoms with Crippen LogP contribution in [0.25, 0.3) is 11.3 Å². The number of anilines is 4. The molecule has 2 heterocycles. The molecule has 0 atom stereocenters. The molecule has 146 valence electrons. The zero-order chi connectivity index (χ0) is 20.2. The Morgan fingerprint density at radius 1 is 1.10 bits per heavy atom. The van der Waals surface area contributed by atoms with Crippen molar-refractivity contribution < 1.29 is 5.11 Å². The summed E-state index contributed by atoms with van der Waals surface area (Å²) in [5, 5.41) is 22.5. The first-order chi connectivity index (χ1) is 14.1. The van der Waals surface area contributed by atoms with Crippen molar-refractivity contribution in [3.63, 3.8) is 0 Å². The number of benzene rings is 2. The number of piperidine rings is 1. The molecule has 7 heteroatoms. The number of hydrogen-bond acceptors (Lipinski definition) is 7. The van der Waals surface area contributed by atoms with E-state index in [1.54, 1.807) is 6.20 Å². The second-order valence-electron chi connectivity index (χ2n) is 7.07. The van der Waals surface area contributed by atoms with E-state index >= 15 is 0 Å². The zero-order valence-electron chi connectivity index (χ0n) is 15.9. The number of nitriles is 1. The van der Waals surface area contributed by atoms with Crippen molar-refractivity contribution in [2.75, 3.05) is 29.0 Å². The molecular formula is C22H22N6O. The summed E-state index contributed by atoms with van der Waals surface area (Å²) >= 11 is 0. The van der Waals surface area contributed by atoms with E-state index < -0.39 is 0 Å². The number of nitrogens with one attached hydrogen (secondary N) is 1. The van der Waals surface area contributed by atoms with Crippen LogP contribution in [0.15, 0.2) is 54.7 Å². The van der Waals surface area contributed by atoms with E-state index in [1.807, 2.05) is 48.5 Å². The van der Waals surface area contributed by atoms with Crippen LogP contribution in [0.1, 0.15) is 18.4 Å². The third-order valence-electron chi connectivity index (χ3n) is 5.04. The second-order valence-corrected chi connectivity index (χ2v) is 7.07. The van der Waals surface area contributed by atoms with Crippen molar-refractivity contribution in [3.05, 3.63) is 60.3 Å². The van der Waals surface area contributed by atoms with Crippen LogP contribution in [-0.4, -0.2) is 34.3 Å². The quantitative estimate of drug-likeness (QED) is 0.590. The molecule has 0 unspecified atom stereocenters. The highest BCUT2D eigenvalue weighted by Crippen LogP contribution is 2.29. The molecular weight excluding hydrogens is 364 g/mol. The molecule has 0 aliphatic carbocycles. The first-order valence-electron chi connectivity index (χ1n) is 9.55. The van der Waals surface area contributed by atoms with Crippen molar-refractivity contribution >= 4 is 23.0 Å². The monoisotopic (exact) mass is 386 g/mol. The lowest BCUT2D eigenvalue weighted by molar-refractivity contribution is 0.145. The summed E-state index contributed by atoms with van der Waals surface area (Å²) in [6.07, 6.45) is 2.88. The van der Waals surface area contributed by atoms with Crippen molar-refractivity contribution in [1.29, 1.82) is 5.26 Å². The summed E-state index contributed by atoms with van der Waals surface area (Å²) in [7, 11) is 0. The molecule has 0 saturated carbocycles. The maximum Gasteiger partial charge on any atom is 0.227 e. The highest BCUT2D eigenvalue weighted by atomic mass is 16.3. The average molecular weight is 386 g/mol. The van der Waals surface area contributed by atoms with Crippen LogP contribution < -0.4 is 16.0 Å². The van der Waals surface area contributed by atoms with Gasteiger partial charge in [0.15, 0.2) is 0 Å². The highest BCUT2D eigenvalue weighted by molar-refractivity contribution is 5.70. The molecule has 2 aromatic carbocycles. The Balaban J connectivity index is 1.58. The molecule has 0 spiro atoms. The van der Waals surface area contributed by atoms with Crippen molar-refractivity contribution in [2.45, 2.75) is 18.9 Å². The Labute approximate surface area is 169 Å². The smallest absolute Gasteiger partial charge is 0.227 e. The van der Waals surface area contributed by atoms with Gasteiger partial charge in [-0.2, -0.15) is 5.26 Å². The minimum absolute atomic E-state index is 0.246. The molecule has 1 fully saturated rings. The maximum atomic E-state index is 9.72. The molecule has 4 rings (SSSR count). The largest absolute Gasteiger partial charge is 0.399 e. The molecule has 3 aromatic rings. The third-order valence-corrected chi connectivity index (χ3v) is 5.04.